The highest BCUT2D eigenvalue weighted by Gasteiger charge is 2.42. The van der Waals surface area contributed by atoms with E-state index < -0.39 is 37.3 Å². The van der Waals surface area contributed by atoms with Crippen molar-refractivity contribution in [1.82, 2.24) is 0 Å². The topological polar surface area (TPSA) is 110 Å². The van der Waals surface area contributed by atoms with E-state index in [2.05, 4.69) is 4.74 Å². The van der Waals surface area contributed by atoms with Crippen molar-refractivity contribution < 1.29 is 30.3 Å². The van der Waals surface area contributed by atoms with Crippen LogP contribution < -0.4 is 0 Å². The van der Waals surface area contributed by atoms with Crippen molar-refractivity contribution in [2.45, 2.75) is 30.7 Å². The molecule has 0 saturated carbocycles. The summed E-state index contributed by atoms with van der Waals surface area (Å²) < 4.78 is 4.58. The predicted octanol–water partition coefficient (Wildman–Crippen LogP) is -2.80. The Morgan fingerprint density at radius 2 is 1.46 bits per heavy atom. The number of ether oxygens (including phenoxy) is 1. The quantitative estimate of drug-likeness (QED) is 0.324. The minimum Gasteiger partial charge on any atom is -0.394 e. The van der Waals surface area contributed by atoms with Crippen LogP contribution in [0, 0.1) is 0 Å². The summed E-state index contributed by atoms with van der Waals surface area (Å²) in [7, 11) is 0. The van der Waals surface area contributed by atoms with E-state index in [1.807, 2.05) is 0 Å². The maximum atomic E-state index is 9.12. The smallest absolute Gasteiger partial charge is 0.184 e. The molecule has 1 aliphatic rings. The van der Waals surface area contributed by atoms with Gasteiger partial charge in [-0.1, -0.05) is 0 Å². The second-order valence-electron chi connectivity index (χ2n) is 2.72. The van der Waals surface area contributed by atoms with Crippen molar-refractivity contribution in [3.05, 3.63) is 0 Å². The van der Waals surface area contributed by atoms with Crippen molar-refractivity contribution >= 4 is 12.4 Å². The van der Waals surface area contributed by atoms with E-state index in [4.69, 9.17) is 25.5 Å². The van der Waals surface area contributed by atoms with Crippen LogP contribution in [0.1, 0.15) is 0 Å². The van der Waals surface area contributed by atoms with Crippen LogP contribution >= 0.6 is 12.4 Å². The molecule has 0 spiro atoms. The molecule has 0 amide bonds. The largest absolute Gasteiger partial charge is 0.394 e. The van der Waals surface area contributed by atoms with Gasteiger partial charge >= 0.3 is 0 Å². The molecule has 0 bridgehead atoms. The molecular weight excluding hydrogens is 204 g/mol. The predicted molar refractivity (Wildman–Crippen MR) is 43.2 cm³/mol. The number of aliphatic hydroxyl groups excluding tert-OH is 5. The number of rotatable bonds is 1. The summed E-state index contributed by atoms with van der Waals surface area (Å²) in [6, 6.07) is 0. The van der Waals surface area contributed by atoms with Crippen LogP contribution in [0.25, 0.3) is 0 Å². The third-order valence-electron chi connectivity index (χ3n) is 1.87. The fourth-order valence-corrected chi connectivity index (χ4v) is 1.08. The summed E-state index contributed by atoms with van der Waals surface area (Å²) >= 11 is 0. The summed E-state index contributed by atoms with van der Waals surface area (Å²) in [4.78, 5) is 0. The molecule has 6 nitrogen and oxygen atoms in total. The number of halogens is 1. The average molecular weight is 217 g/mol. The summed E-state index contributed by atoms with van der Waals surface area (Å²) in [6.07, 6.45) is -7.04. The van der Waals surface area contributed by atoms with Gasteiger partial charge in [0.15, 0.2) is 6.29 Å². The summed E-state index contributed by atoms with van der Waals surface area (Å²) in [5.41, 5.74) is 0. The highest BCUT2D eigenvalue weighted by atomic mass is 35.5. The Bertz CT molecular complexity index is 151. The van der Waals surface area contributed by atoms with Crippen molar-refractivity contribution in [3.8, 4) is 0 Å². The summed E-state index contributed by atoms with van der Waals surface area (Å²) in [5, 5.41) is 44.7. The first kappa shape index (κ1) is 13.1. The molecule has 5 N–H and O–H groups in total. The number of aliphatic hydroxyl groups is 5. The first-order valence-electron chi connectivity index (χ1n) is 3.56. The average Bonchev–Trinajstić information content (AvgIpc) is 2.08. The van der Waals surface area contributed by atoms with E-state index in [9.17, 15) is 0 Å². The van der Waals surface area contributed by atoms with E-state index in [-0.39, 0.29) is 12.4 Å². The van der Waals surface area contributed by atoms with Crippen LogP contribution in [0.5, 0.6) is 0 Å². The van der Waals surface area contributed by atoms with E-state index in [1.54, 1.807) is 0 Å². The van der Waals surface area contributed by atoms with Crippen LogP contribution in [0.15, 0.2) is 0 Å². The molecule has 80 valence electrons. The van der Waals surface area contributed by atoms with Crippen LogP contribution in [0.3, 0.4) is 0 Å². The second-order valence-corrected chi connectivity index (χ2v) is 2.72. The molecule has 1 saturated heterocycles. The van der Waals surface area contributed by atoms with Gasteiger partial charge in [-0.05, 0) is 0 Å². The molecular formula is C6H13ClO6. The van der Waals surface area contributed by atoms with Gasteiger partial charge in [0.25, 0.3) is 0 Å². The highest BCUT2D eigenvalue weighted by molar-refractivity contribution is 5.85. The van der Waals surface area contributed by atoms with E-state index in [1.165, 1.54) is 0 Å². The SMILES string of the molecule is Cl.OCC1OC(O)C(O)C(O)C1O. The molecule has 0 radical (unpaired) electrons. The van der Waals surface area contributed by atoms with Gasteiger partial charge in [-0.3, -0.25) is 0 Å². The van der Waals surface area contributed by atoms with Crippen LogP contribution in [-0.4, -0.2) is 62.8 Å². The molecule has 1 aliphatic heterocycles. The zero-order valence-corrected chi connectivity index (χ0v) is 7.46. The van der Waals surface area contributed by atoms with Crippen molar-refractivity contribution in [2.24, 2.45) is 0 Å². The van der Waals surface area contributed by atoms with Crippen molar-refractivity contribution in [1.29, 1.82) is 0 Å². The zero-order valence-electron chi connectivity index (χ0n) is 6.65. The standard InChI is InChI=1S/C6H12O6.ClH/c7-1-2-3(8)4(9)5(10)6(11)12-2;/h2-11H,1H2;1H. The van der Waals surface area contributed by atoms with Gasteiger partial charge < -0.3 is 30.3 Å². The van der Waals surface area contributed by atoms with Gasteiger partial charge in [-0.25, -0.2) is 0 Å². The van der Waals surface area contributed by atoms with Crippen LogP contribution in [0.2, 0.25) is 0 Å². The third kappa shape index (κ3) is 2.50. The Hall–Kier alpha value is 0.0500. The highest BCUT2D eigenvalue weighted by Crippen LogP contribution is 2.18. The fourth-order valence-electron chi connectivity index (χ4n) is 1.08. The Morgan fingerprint density at radius 1 is 0.923 bits per heavy atom. The zero-order chi connectivity index (χ0) is 9.30. The monoisotopic (exact) mass is 216 g/mol. The second kappa shape index (κ2) is 5.06. The van der Waals surface area contributed by atoms with E-state index in [0.717, 1.165) is 0 Å². The Kier molecular flexibility index (Phi) is 5.08. The first-order chi connectivity index (χ1) is 5.57. The molecule has 0 aromatic carbocycles. The third-order valence-corrected chi connectivity index (χ3v) is 1.87. The van der Waals surface area contributed by atoms with Crippen LogP contribution in [-0.2, 0) is 4.74 Å². The summed E-state index contributed by atoms with van der Waals surface area (Å²) in [6.45, 7) is -0.526. The maximum Gasteiger partial charge on any atom is 0.184 e. The van der Waals surface area contributed by atoms with Crippen molar-refractivity contribution in [2.75, 3.05) is 6.61 Å². The first-order valence-corrected chi connectivity index (χ1v) is 3.56. The van der Waals surface area contributed by atoms with Gasteiger partial charge in [0.2, 0.25) is 0 Å². The van der Waals surface area contributed by atoms with E-state index in [0.29, 0.717) is 0 Å². The lowest BCUT2D eigenvalue weighted by Crippen LogP contribution is -2.58. The lowest BCUT2D eigenvalue weighted by atomic mass is 10.00. The maximum absolute atomic E-state index is 9.12. The van der Waals surface area contributed by atoms with Gasteiger partial charge in [-0.15, -0.1) is 12.4 Å². The normalized spacial score (nSPS) is 45.5. The minimum atomic E-state index is -1.57. The molecule has 7 heteroatoms. The molecule has 5 atom stereocenters. The molecule has 13 heavy (non-hydrogen) atoms. The van der Waals surface area contributed by atoms with Crippen LogP contribution in [0.4, 0.5) is 0 Å². The van der Waals surface area contributed by atoms with E-state index >= 15 is 0 Å². The lowest BCUT2D eigenvalue weighted by molar-refractivity contribution is -0.286. The molecule has 0 aromatic rings. The van der Waals surface area contributed by atoms with Gasteiger partial charge in [0.05, 0.1) is 6.61 Å². The number of hydrogen-bond acceptors (Lipinski definition) is 6. The Morgan fingerprint density at radius 3 is 1.92 bits per heavy atom. The van der Waals surface area contributed by atoms with Gasteiger partial charge in [-0.2, -0.15) is 0 Å². The molecule has 1 rings (SSSR count). The molecule has 1 fully saturated rings. The molecule has 1 heterocycles. The van der Waals surface area contributed by atoms with Gasteiger partial charge in [0.1, 0.15) is 24.4 Å². The molecule has 5 unspecified atom stereocenters. The van der Waals surface area contributed by atoms with Crippen molar-refractivity contribution in [3.63, 3.8) is 0 Å². The minimum absolute atomic E-state index is 0. The van der Waals surface area contributed by atoms with Gasteiger partial charge in [0, 0.05) is 0 Å². The Labute approximate surface area is 80.8 Å². The fraction of sp³-hybridized carbons (Fsp3) is 1.00. The lowest BCUT2D eigenvalue weighted by Gasteiger charge is -2.37. The molecule has 0 aromatic heterocycles. The summed E-state index contributed by atoms with van der Waals surface area (Å²) in [5.74, 6) is 0. The Balaban J connectivity index is 0.00000144. The molecule has 0 aliphatic carbocycles. The number of hydrogen-bond donors (Lipinski definition) is 5.